The highest BCUT2D eigenvalue weighted by Gasteiger charge is 2.28. The lowest BCUT2D eigenvalue weighted by atomic mass is 9.95. The van der Waals surface area contributed by atoms with Crippen molar-refractivity contribution in [2.24, 2.45) is 5.92 Å². The van der Waals surface area contributed by atoms with Crippen molar-refractivity contribution in [2.75, 3.05) is 19.7 Å². The number of ether oxygens (including phenoxy) is 1. The van der Waals surface area contributed by atoms with Gasteiger partial charge < -0.3 is 14.2 Å². The highest BCUT2D eigenvalue weighted by Crippen LogP contribution is 2.27. The summed E-state index contributed by atoms with van der Waals surface area (Å²) in [6.07, 6.45) is 2.49. The second-order valence-electron chi connectivity index (χ2n) is 6.62. The molecule has 1 saturated heterocycles. The fourth-order valence-electron chi connectivity index (χ4n) is 3.14. The Balaban J connectivity index is 1.42. The molecule has 0 N–H and O–H groups in total. The van der Waals surface area contributed by atoms with Gasteiger partial charge >= 0.3 is 0 Å². The average molecular weight is 343 g/mol. The number of rotatable bonds is 6. The van der Waals surface area contributed by atoms with Crippen LogP contribution in [0.4, 0.5) is 0 Å². The van der Waals surface area contributed by atoms with E-state index in [2.05, 4.69) is 10.1 Å². The van der Waals surface area contributed by atoms with Gasteiger partial charge in [0.1, 0.15) is 5.75 Å². The van der Waals surface area contributed by atoms with Crippen molar-refractivity contribution in [3.63, 3.8) is 0 Å². The van der Waals surface area contributed by atoms with Crippen LogP contribution in [0.25, 0.3) is 0 Å². The van der Waals surface area contributed by atoms with Crippen molar-refractivity contribution >= 4 is 5.91 Å². The van der Waals surface area contributed by atoms with Crippen molar-refractivity contribution in [2.45, 2.75) is 39.0 Å². The van der Waals surface area contributed by atoms with E-state index in [1.165, 1.54) is 0 Å². The number of carbonyl (C=O) groups excluding carboxylic acids is 1. The molecule has 2 heterocycles. The van der Waals surface area contributed by atoms with Crippen molar-refractivity contribution in [3.05, 3.63) is 42.0 Å². The van der Waals surface area contributed by atoms with Crippen LogP contribution in [0.5, 0.6) is 5.75 Å². The number of nitrogens with zero attached hydrogens (tertiary/aromatic N) is 3. The summed E-state index contributed by atoms with van der Waals surface area (Å²) in [5.74, 6) is 2.68. The standard InChI is InChI=1S/C19H25N3O3/c1-14(10-13-24-17-6-4-3-5-7-17)19(23)22-11-8-16(9-12-22)18-20-15(2)25-21-18/h3-7,14,16H,8-13H2,1-2H3. The zero-order valence-electron chi connectivity index (χ0n) is 14.9. The molecule has 0 aliphatic carbocycles. The first-order valence-corrected chi connectivity index (χ1v) is 8.90. The maximum absolute atomic E-state index is 12.6. The summed E-state index contributed by atoms with van der Waals surface area (Å²) in [5, 5.41) is 4.01. The predicted molar refractivity (Wildman–Crippen MR) is 93.3 cm³/mol. The molecular weight excluding hydrogens is 318 g/mol. The fraction of sp³-hybridized carbons (Fsp3) is 0.526. The Labute approximate surface area is 148 Å². The van der Waals surface area contributed by atoms with Gasteiger partial charge in [0.2, 0.25) is 11.8 Å². The highest BCUT2D eigenvalue weighted by atomic mass is 16.5. The summed E-state index contributed by atoms with van der Waals surface area (Å²) in [5.41, 5.74) is 0. The summed E-state index contributed by atoms with van der Waals surface area (Å²) < 4.78 is 10.7. The molecule has 3 rings (SSSR count). The molecule has 1 fully saturated rings. The van der Waals surface area contributed by atoms with Crippen LogP contribution in [0.3, 0.4) is 0 Å². The van der Waals surface area contributed by atoms with Crippen LogP contribution < -0.4 is 4.74 Å². The summed E-state index contributed by atoms with van der Waals surface area (Å²) in [4.78, 5) is 18.9. The Bertz CT molecular complexity index is 678. The number of carbonyl (C=O) groups is 1. The molecule has 6 heteroatoms. The number of aryl methyl sites for hydroxylation is 1. The van der Waals surface area contributed by atoms with Gasteiger partial charge in [-0.3, -0.25) is 4.79 Å². The fourth-order valence-corrected chi connectivity index (χ4v) is 3.14. The third kappa shape index (κ3) is 4.59. The van der Waals surface area contributed by atoms with E-state index in [0.717, 1.165) is 43.9 Å². The normalized spacial score (nSPS) is 16.6. The largest absolute Gasteiger partial charge is 0.494 e. The molecule has 1 atom stereocenters. The maximum atomic E-state index is 12.6. The van der Waals surface area contributed by atoms with E-state index >= 15 is 0 Å². The van der Waals surface area contributed by atoms with Gasteiger partial charge in [-0.1, -0.05) is 30.3 Å². The molecule has 0 saturated carbocycles. The number of hydrogen-bond donors (Lipinski definition) is 0. The topological polar surface area (TPSA) is 68.5 Å². The monoisotopic (exact) mass is 343 g/mol. The van der Waals surface area contributed by atoms with E-state index in [1.807, 2.05) is 42.2 Å². The number of aromatic nitrogens is 2. The molecule has 0 radical (unpaired) electrons. The Morgan fingerprint density at radius 3 is 2.68 bits per heavy atom. The van der Waals surface area contributed by atoms with Gasteiger partial charge in [-0.2, -0.15) is 4.98 Å². The van der Waals surface area contributed by atoms with Crippen molar-refractivity contribution in [1.29, 1.82) is 0 Å². The van der Waals surface area contributed by atoms with Crippen LogP contribution in [-0.4, -0.2) is 40.6 Å². The average Bonchev–Trinajstić information content (AvgIpc) is 3.08. The molecule has 0 spiro atoms. The van der Waals surface area contributed by atoms with Crippen LogP contribution in [0.1, 0.15) is 43.8 Å². The lowest BCUT2D eigenvalue weighted by Gasteiger charge is -2.32. The van der Waals surface area contributed by atoms with Crippen molar-refractivity contribution in [1.82, 2.24) is 15.0 Å². The quantitative estimate of drug-likeness (QED) is 0.806. The second-order valence-corrected chi connectivity index (χ2v) is 6.62. The van der Waals surface area contributed by atoms with Crippen molar-refractivity contribution < 1.29 is 14.1 Å². The molecule has 1 unspecified atom stereocenters. The molecule has 1 amide bonds. The SMILES string of the molecule is Cc1nc(C2CCN(C(=O)C(C)CCOc3ccccc3)CC2)no1. The lowest BCUT2D eigenvalue weighted by Crippen LogP contribution is -2.41. The molecule has 6 nitrogen and oxygen atoms in total. The van der Waals surface area contributed by atoms with E-state index in [9.17, 15) is 4.79 Å². The van der Waals surface area contributed by atoms with Crippen LogP contribution in [0.2, 0.25) is 0 Å². The third-order valence-corrected chi connectivity index (χ3v) is 4.70. The molecule has 25 heavy (non-hydrogen) atoms. The van der Waals surface area contributed by atoms with Crippen LogP contribution in [-0.2, 0) is 4.79 Å². The highest BCUT2D eigenvalue weighted by molar-refractivity contribution is 5.78. The zero-order valence-corrected chi connectivity index (χ0v) is 14.9. The first-order valence-electron chi connectivity index (χ1n) is 8.90. The van der Waals surface area contributed by atoms with E-state index in [4.69, 9.17) is 9.26 Å². The van der Waals surface area contributed by atoms with Gasteiger partial charge in [0.25, 0.3) is 0 Å². The van der Waals surface area contributed by atoms with E-state index in [1.54, 1.807) is 6.92 Å². The Morgan fingerprint density at radius 1 is 1.32 bits per heavy atom. The molecule has 1 aliphatic rings. The summed E-state index contributed by atoms with van der Waals surface area (Å²) in [7, 11) is 0. The second kappa shape index (κ2) is 8.14. The molecular formula is C19H25N3O3. The summed E-state index contributed by atoms with van der Waals surface area (Å²) in [6.45, 7) is 5.83. The van der Waals surface area contributed by atoms with Crippen LogP contribution in [0.15, 0.2) is 34.9 Å². The van der Waals surface area contributed by atoms with Gasteiger partial charge in [-0.15, -0.1) is 0 Å². The number of benzene rings is 1. The maximum Gasteiger partial charge on any atom is 0.225 e. The van der Waals surface area contributed by atoms with Gasteiger partial charge in [-0.25, -0.2) is 0 Å². The summed E-state index contributed by atoms with van der Waals surface area (Å²) >= 11 is 0. The molecule has 134 valence electrons. The number of likely N-dealkylation sites (tertiary alicyclic amines) is 1. The minimum Gasteiger partial charge on any atom is -0.494 e. The van der Waals surface area contributed by atoms with Gasteiger partial charge in [-0.05, 0) is 31.4 Å². The lowest BCUT2D eigenvalue weighted by molar-refractivity contribution is -0.136. The molecule has 1 aromatic carbocycles. The van der Waals surface area contributed by atoms with Crippen LogP contribution in [0, 0.1) is 12.8 Å². The molecule has 1 aliphatic heterocycles. The number of amides is 1. The molecule has 1 aromatic heterocycles. The van der Waals surface area contributed by atoms with Gasteiger partial charge in [0.15, 0.2) is 5.82 Å². The number of piperidine rings is 1. The van der Waals surface area contributed by atoms with Crippen LogP contribution >= 0.6 is 0 Å². The minimum atomic E-state index is -0.0346. The van der Waals surface area contributed by atoms with Gasteiger partial charge in [0, 0.05) is 31.8 Å². The molecule has 0 bridgehead atoms. The first kappa shape index (κ1) is 17.5. The van der Waals surface area contributed by atoms with E-state index < -0.39 is 0 Å². The van der Waals surface area contributed by atoms with Gasteiger partial charge in [0.05, 0.1) is 6.61 Å². The number of hydrogen-bond acceptors (Lipinski definition) is 5. The number of para-hydroxylation sites is 1. The Morgan fingerprint density at radius 2 is 2.04 bits per heavy atom. The molecule has 2 aromatic rings. The van der Waals surface area contributed by atoms with E-state index in [-0.39, 0.29) is 11.8 Å². The van der Waals surface area contributed by atoms with E-state index in [0.29, 0.717) is 18.4 Å². The Kier molecular flexibility index (Phi) is 5.68. The minimum absolute atomic E-state index is 0.0346. The summed E-state index contributed by atoms with van der Waals surface area (Å²) in [6, 6.07) is 9.70. The third-order valence-electron chi connectivity index (χ3n) is 4.70. The zero-order chi connectivity index (χ0) is 17.6. The predicted octanol–water partition coefficient (Wildman–Crippen LogP) is 3.19. The smallest absolute Gasteiger partial charge is 0.225 e. The first-order chi connectivity index (χ1) is 12.1. The Hall–Kier alpha value is -2.37. The van der Waals surface area contributed by atoms with Crippen molar-refractivity contribution in [3.8, 4) is 5.75 Å².